The Morgan fingerprint density at radius 1 is 0.293 bits per heavy atom. The first kappa shape index (κ1) is 54.8. The summed E-state index contributed by atoms with van der Waals surface area (Å²) >= 11 is 0. The van der Waals surface area contributed by atoms with E-state index in [1.807, 2.05) is 6.07 Å². The molecule has 2 heterocycles. The van der Waals surface area contributed by atoms with Crippen molar-refractivity contribution in [3.05, 3.63) is 215 Å². The summed E-state index contributed by atoms with van der Waals surface area (Å²) in [7, 11) is 0. The number of rotatable bonds is 6. The van der Waals surface area contributed by atoms with Crippen molar-refractivity contribution in [2.45, 2.75) is 37.1 Å². The normalized spacial score (nSPS) is 13.0. The van der Waals surface area contributed by atoms with Crippen molar-refractivity contribution in [2.24, 2.45) is 0 Å². The van der Waals surface area contributed by atoms with E-state index < -0.39 is 87.1 Å². The number of nitrogens with zero attached hydrogens (tertiary/aromatic N) is 3. The van der Waals surface area contributed by atoms with Crippen LogP contribution in [0.2, 0.25) is 0 Å². The maximum absolute atomic E-state index is 14.6. The molecule has 11 rings (SSSR count). The van der Waals surface area contributed by atoms with Crippen molar-refractivity contribution in [3.63, 3.8) is 0 Å². The lowest BCUT2D eigenvalue weighted by Crippen LogP contribution is -2.12. The molecular weight excluding hydrogens is 1120 g/mol. The minimum Gasteiger partial charge on any atom is -0.309 e. The first-order valence-corrected chi connectivity index (χ1v) is 24.0. The molecule has 21 heteroatoms. The van der Waals surface area contributed by atoms with Gasteiger partial charge in [0.1, 0.15) is 0 Å². The van der Waals surface area contributed by atoms with E-state index in [1.54, 1.807) is 57.7 Å². The van der Waals surface area contributed by atoms with Gasteiger partial charge >= 0.3 is 37.1 Å². The third kappa shape index (κ3) is 9.68. The van der Waals surface area contributed by atoms with Gasteiger partial charge in [0.2, 0.25) is 0 Å². The molecule has 0 fully saturated rings. The van der Waals surface area contributed by atoms with Crippen molar-refractivity contribution in [1.29, 1.82) is 5.26 Å². The van der Waals surface area contributed by atoms with Crippen molar-refractivity contribution in [3.8, 4) is 62.0 Å². The summed E-state index contributed by atoms with van der Waals surface area (Å²) in [4.78, 5) is 0. The van der Waals surface area contributed by atoms with Gasteiger partial charge < -0.3 is 9.13 Å². The van der Waals surface area contributed by atoms with Crippen LogP contribution in [0.5, 0.6) is 0 Å². The number of halogens is 18. The Balaban J connectivity index is 1.19. The SMILES string of the molecule is N#Cc1ccc(-n2c3ccccc3c3cc(-c4ccc(C(F)(F)F)cc4C(F)(F)F)ccc32)c(-c2cc(-n3c4ccccc4c4cc(-c5ccc(C(F)(F)F)cc5C(F)(F)F)ccc43)ccc2-c2cc(C(F)(F)F)cc(C(F)(F)F)c2)c1. The zero-order valence-electron chi connectivity index (χ0n) is 40.9. The van der Waals surface area contributed by atoms with Gasteiger partial charge in [0.25, 0.3) is 0 Å². The second kappa shape index (κ2) is 19.0. The van der Waals surface area contributed by atoms with E-state index in [2.05, 4.69) is 0 Å². The molecule has 0 atom stereocenters. The average Bonchev–Trinajstić information content (AvgIpc) is 2.25. The van der Waals surface area contributed by atoms with Gasteiger partial charge in [-0.3, -0.25) is 0 Å². The van der Waals surface area contributed by atoms with Crippen LogP contribution < -0.4 is 0 Å². The molecule has 0 aliphatic carbocycles. The minimum absolute atomic E-state index is 0.00345. The summed E-state index contributed by atoms with van der Waals surface area (Å²) in [5, 5.41) is 11.6. The molecule has 0 bridgehead atoms. The number of hydrogen-bond donors (Lipinski definition) is 0. The molecule has 0 saturated carbocycles. The molecule has 414 valence electrons. The van der Waals surface area contributed by atoms with Crippen molar-refractivity contribution < 1.29 is 79.0 Å². The fourth-order valence-electron chi connectivity index (χ4n) is 10.5. The zero-order chi connectivity index (χ0) is 58.8. The summed E-state index contributed by atoms with van der Waals surface area (Å²) in [5.74, 6) is 0. The molecule has 9 aromatic carbocycles. The third-order valence-corrected chi connectivity index (χ3v) is 14.1. The molecule has 0 N–H and O–H groups in total. The van der Waals surface area contributed by atoms with Crippen LogP contribution in [0.25, 0.3) is 99.5 Å². The Bertz CT molecular complexity index is 4410. The van der Waals surface area contributed by atoms with Crippen LogP contribution in [0.15, 0.2) is 176 Å². The molecule has 0 spiro atoms. The van der Waals surface area contributed by atoms with E-state index in [0.717, 1.165) is 0 Å². The maximum atomic E-state index is 14.6. The van der Waals surface area contributed by atoms with Gasteiger partial charge in [0.05, 0.1) is 72.8 Å². The van der Waals surface area contributed by atoms with E-state index in [9.17, 15) is 84.3 Å². The second-order valence-electron chi connectivity index (χ2n) is 19.0. The smallest absolute Gasteiger partial charge is 0.309 e. The van der Waals surface area contributed by atoms with Crippen molar-refractivity contribution >= 4 is 43.6 Å². The van der Waals surface area contributed by atoms with Crippen LogP contribution >= 0.6 is 0 Å². The molecule has 0 radical (unpaired) electrons. The first-order chi connectivity index (χ1) is 38.4. The topological polar surface area (TPSA) is 33.6 Å². The summed E-state index contributed by atoms with van der Waals surface area (Å²) in [6.45, 7) is 0. The fraction of sp³-hybridized carbons (Fsp3) is 0.0984. The van der Waals surface area contributed by atoms with E-state index in [4.69, 9.17) is 0 Å². The summed E-state index contributed by atoms with van der Waals surface area (Å²) in [6.07, 6.45) is -31.4. The highest BCUT2D eigenvalue weighted by molar-refractivity contribution is 6.12. The Kier molecular flexibility index (Phi) is 12.7. The summed E-state index contributed by atoms with van der Waals surface area (Å²) in [5.41, 5.74) is -10.8. The highest BCUT2D eigenvalue weighted by Gasteiger charge is 2.41. The number of nitriles is 1. The average molecular weight is 1150 g/mol. The van der Waals surface area contributed by atoms with Gasteiger partial charge in [-0.15, -0.1) is 0 Å². The molecule has 0 saturated heterocycles. The molecule has 82 heavy (non-hydrogen) atoms. The van der Waals surface area contributed by atoms with Gasteiger partial charge in [-0.05, 0) is 148 Å². The maximum Gasteiger partial charge on any atom is 0.417 e. The van der Waals surface area contributed by atoms with Gasteiger partial charge in [-0.25, -0.2) is 0 Å². The predicted octanol–water partition coefficient (Wildman–Crippen LogP) is 20.5. The van der Waals surface area contributed by atoms with Crippen LogP contribution in [-0.4, -0.2) is 9.13 Å². The number of para-hydroxylation sites is 2. The monoisotopic (exact) mass is 1150 g/mol. The third-order valence-electron chi connectivity index (χ3n) is 14.1. The van der Waals surface area contributed by atoms with E-state index in [0.29, 0.717) is 58.2 Å². The Morgan fingerprint density at radius 3 is 1.20 bits per heavy atom. The molecule has 2 aromatic heterocycles. The Labute approximate surface area is 449 Å². The van der Waals surface area contributed by atoms with E-state index in [1.165, 1.54) is 72.8 Å². The van der Waals surface area contributed by atoms with Crippen LogP contribution in [0.4, 0.5) is 79.0 Å². The lowest BCUT2D eigenvalue weighted by atomic mass is 9.90. The van der Waals surface area contributed by atoms with Gasteiger partial charge in [-0.2, -0.15) is 84.3 Å². The molecule has 0 aliphatic rings. The summed E-state index contributed by atoms with van der Waals surface area (Å²) < 4.78 is 260. The Morgan fingerprint density at radius 2 is 0.732 bits per heavy atom. The highest BCUT2D eigenvalue weighted by atomic mass is 19.4. The largest absolute Gasteiger partial charge is 0.417 e. The molecule has 3 nitrogen and oxygen atoms in total. The quantitative estimate of drug-likeness (QED) is 0.153. The zero-order valence-corrected chi connectivity index (χ0v) is 40.9. The molecule has 0 amide bonds. The highest BCUT2D eigenvalue weighted by Crippen LogP contribution is 2.49. The number of benzene rings is 9. The van der Waals surface area contributed by atoms with Gasteiger partial charge in [0.15, 0.2) is 0 Å². The number of alkyl halides is 18. The molecule has 0 unspecified atom stereocenters. The first-order valence-electron chi connectivity index (χ1n) is 24.0. The van der Waals surface area contributed by atoms with Crippen LogP contribution in [0.1, 0.15) is 38.9 Å². The molecule has 0 aliphatic heterocycles. The Hall–Kier alpha value is -9.19. The number of fused-ring (bicyclic) bond motifs is 6. The van der Waals surface area contributed by atoms with Gasteiger partial charge in [-0.1, -0.05) is 66.7 Å². The van der Waals surface area contributed by atoms with Crippen LogP contribution in [-0.2, 0) is 37.1 Å². The number of aromatic nitrogens is 2. The predicted molar refractivity (Wildman–Crippen MR) is 272 cm³/mol. The fourth-order valence-corrected chi connectivity index (χ4v) is 10.5. The van der Waals surface area contributed by atoms with E-state index >= 15 is 0 Å². The lowest BCUT2D eigenvalue weighted by molar-refractivity contribution is -0.144. The van der Waals surface area contributed by atoms with Crippen molar-refractivity contribution in [1.82, 2.24) is 9.13 Å². The van der Waals surface area contributed by atoms with Gasteiger partial charge in [0, 0.05) is 32.8 Å². The van der Waals surface area contributed by atoms with Crippen molar-refractivity contribution in [2.75, 3.05) is 0 Å². The molecular formula is C61H29F18N3. The molecule has 11 aromatic rings. The van der Waals surface area contributed by atoms with E-state index in [-0.39, 0.29) is 84.8 Å². The van der Waals surface area contributed by atoms with Crippen LogP contribution in [0, 0.1) is 11.3 Å². The second-order valence-corrected chi connectivity index (χ2v) is 19.0. The number of hydrogen-bond acceptors (Lipinski definition) is 1. The lowest BCUT2D eigenvalue weighted by Gasteiger charge is -2.21. The van der Waals surface area contributed by atoms with Crippen LogP contribution in [0.3, 0.4) is 0 Å². The minimum atomic E-state index is -5.33. The summed E-state index contributed by atoms with van der Waals surface area (Å²) in [6, 6.07) is 33.9. The standard InChI is InChI=1S/C61H29F18N3/c62-56(63,64)35-12-15-41(49(27-35)60(74,75)76)32-10-19-53-47(24-32)43-5-1-3-7-51(43)81(53)39-14-17-40(34-22-37(58(68,69)70)26-38(23-34)59(71,72)73)45(29-39)46-21-31(30-80)9-18-54(46)82-52-8-4-2-6-44(52)48-25-33(11-20-55(48)82)42-16-13-36(57(65,66)67)28-50(42)61(77,78)79/h1-29H.